The SMILES string of the molecule is CCCCCCCCCCCC(=O)N1CCCC1C(=O)NCCCCC(NC(=O)C1CCCN1C(=O)CCCCCCCCCCC)C(=O)NCCNC. The number of unbranched alkanes of at least 4 members (excludes halogenated alkanes) is 17. The Morgan fingerprint density at radius 1 is 0.537 bits per heavy atom. The second-order valence-corrected chi connectivity index (χ2v) is 15.9. The van der Waals surface area contributed by atoms with Crippen LogP contribution in [0.1, 0.15) is 187 Å². The van der Waals surface area contributed by atoms with E-state index in [4.69, 9.17) is 0 Å². The Morgan fingerprint density at radius 3 is 1.48 bits per heavy atom. The summed E-state index contributed by atoms with van der Waals surface area (Å²) in [6.45, 7) is 7.19. The highest BCUT2D eigenvalue weighted by molar-refractivity contribution is 5.92. The number of nitrogens with zero attached hydrogens (tertiary/aromatic N) is 2. The van der Waals surface area contributed by atoms with Gasteiger partial charge in [0.05, 0.1) is 0 Å². The average molecular weight is 761 g/mol. The predicted molar refractivity (Wildman–Crippen MR) is 219 cm³/mol. The molecular formula is C43H80N6O5. The van der Waals surface area contributed by atoms with Gasteiger partial charge in [0.1, 0.15) is 18.1 Å². The zero-order valence-corrected chi connectivity index (χ0v) is 34.8. The van der Waals surface area contributed by atoms with Gasteiger partial charge in [-0.05, 0) is 64.8 Å². The molecule has 0 aliphatic carbocycles. The van der Waals surface area contributed by atoms with Crippen LogP contribution in [-0.4, -0.2) is 97.2 Å². The second-order valence-electron chi connectivity index (χ2n) is 15.9. The van der Waals surface area contributed by atoms with Crippen LogP contribution in [0.4, 0.5) is 0 Å². The first-order valence-electron chi connectivity index (χ1n) is 22.4. The molecule has 0 aromatic rings. The van der Waals surface area contributed by atoms with Crippen molar-refractivity contribution in [1.29, 1.82) is 0 Å². The van der Waals surface area contributed by atoms with E-state index in [0.29, 0.717) is 77.7 Å². The molecule has 0 radical (unpaired) electrons. The smallest absolute Gasteiger partial charge is 0.243 e. The predicted octanol–water partition coefficient (Wildman–Crippen LogP) is 6.92. The summed E-state index contributed by atoms with van der Waals surface area (Å²) in [5, 5.41) is 11.9. The van der Waals surface area contributed by atoms with Crippen molar-refractivity contribution in [2.75, 3.05) is 39.8 Å². The molecule has 2 aliphatic heterocycles. The van der Waals surface area contributed by atoms with Crippen molar-refractivity contribution in [3.8, 4) is 0 Å². The minimum Gasteiger partial charge on any atom is -0.354 e. The number of hydrogen-bond donors (Lipinski definition) is 4. The molecule has 312 valence electrons. The first-order valence-corrected chi connectivity index (χ1v) is 22.4. The highest BCUT2D eigenvalue weighted by Crippen LogP contribution is 2.22. The van der Waals surface area contributed by atoms with Crippen LogP contribution < -0.4 is 21.3 Å². The lowest BCUT2D eigenvalue weighted by Gasteiger charge is -2.26. The van der Waals surface area contributed by atoms with Crippen LogP contribution in [0.5, 0.6) is 0 Å². The minimum atomic E-state index is -0.719. The monoisotopic (exact) mass is 761 g/mol. The summed E-state index contributed by atoms with van der Waals surface area (Å²) in [6, 6.07) is -1.66. The average Bonchev–Trinajstić information content (AvgIpc) is 3.87. The summed E-state index contributed by atoms with van der Waals surface area (Å²) in [6.07, 6.45) is 27.1. The van der Waals surface area contributed by atoms with Crippen molar-refractivity contribution in [3.63, 3.8) is 0 Å². The second kappa shape index (κ2) is 30.5. The Morgan fingerprint density at radius 2 is 1.00 bits per heavy atom. The molecule has 5 amide bonds. The molecule has 2 rings (SSSR count). The third-order valence-electron chi connectivity index (χ3n) is 11.3. The zero-order chi connectivity index (χ0) is 39.2. The normalized spacial score (nSPS) is 17.5. The van der Waals surface area contributed by atoms with E-state index in [9.17, 15) is 24.0 Å². The first-order chi connectivity index (χ1) is 26.3. The van der Waals surface area contributed by atoms with Crippen LogP contribution in [0.25, 0.3) is 0 Å². The molecule has 11 heteroatoms. The van der Waals surface area contributed by atoms with Crippen LogP contribution in [-0.2, 0) is 24.0 Å². The number of likely N-dealkylation sites (tertiary alicyclic amines) is 2. The van der Waals surface area contributed by atoms with Crippen molar-refractivity contribution in [2.45, 2.75) is 205 Å². The standard InChI is InChI=1S/C43H80N6O5/c1-4-6-8-10-12-14-16-18-20-29-39(50)48-34-24-27-37(48)42(53)45-31-23-22-26-36(41(52)46-33-32-44-3)47-43(54)38-28-25-35-49(38)40(51)30-21-19-17-15-13-11-9-7-5-2/h36-38,44H,4-35H2,1-3H3,(H,45,53)(H,46,52)(H,47,54). The van der Waals surface area contributed by atoms with E-state index in [0.717, 1.165) is 44.9 Å². The molecule has 3 unspecified atom stereocenters. The van der Waals surface area contributed by atoms with Gasteiger partial charge in [0, 0.05) is 45.6 Å². The molecule has 2 saturated heterocycles. The van der Waals surface area contributed by atoms with Crippen molar-refractivity contribution in [1.82, 2.24) is 31.1 Å². The van der Waals surface area contributed by atoms with Gasteiger partial charge in [-0.2, -0.15) is 0 Å². The molecule has 0 aromatic carbocycles. The molecule has 0 aromatic heterocycles. The van der Waals surface area contributed by atoms with Crippen LogP contribution >= 0.6 is 0 Å². The molecule has 2 heterocycles. The van der Waals surface area contributed by atoms with Gasteiger partial charge < -0.3 is 31.1 Å². The number of rotatable bonds is 32. The van der Waals surface area contributed by atoms with Gasteiger partial charge in [-0.25, -0.2) is 0 Å². The van der Waals surface area contributed by atoms with E-state index in [1.165, 1.54) is 83.5 Å². The fourth-order valence-corrected chi connectivity index (χ4v) is 7.91. The van der Waals surface area contributed by atoms with Crippen molar-refractivity contribution < 1.29 is 24.0 Å². The summed E-state index contributed by atoms with van der Waals surface area (Å²) >= 11 is 0. The summed E-state index contributed by atoms with van der Waals surface area (Å²) in [5.41, 5.74) is 0. The number of likely N-dealkylation sites (N-methyl/N-ethyl adjacent to an activating group) is 1. The van der Waals surface area contributed by atoms with Crippen molar-refractivity contribution >= 4 is 29.5 Å². The molecule has 54 heavy (non-hydrogen) atoms. The molecule has 2 fully saturated rings. The van der Waals surface area contributed by atoms with E-state index in [1.807, 2.05) is 7.05 Å². The van der Waals surface area contributed by atoms with Crippen molar-refractivity contribution in [3.05, 3.63) is 0 Å². The van der Waals surface area contributed by atoms with Gasteiger partial charge in [0.25, 0.3) is 0 Å². The minimum absolute atomic E-state index is 0.0346. The maximum Gasteiger partial charge on any atom is 0.243 e. The molecule has 0 saturated carbocycles. The highest BCUT2D eigenvalue weighted by Gasteiger charge is 2.36. The topological polar surface area (TPSA) is 140 Å². The molecule has 4 N–H and O–H groups in total. The third kappa shape index (κ3) is 19.8. The Balaban J connectivity index is 1.75. The highest BCUT2D eigenvalue weighted by atomic mass is 16.2. The molecule has 0 bridgehead atoms. The Hall–Kier alpha value is -2.69. The van der Waals surface area contributed by atoms with Crippen molar-refractivity contribution in [2.24, 2.45) is 0 Å². The van der Waals surface area contributed by atoms with Crippen LogP contribution in [0.15, 0.2) is 0 Å². The lowest BCUT2D eigenvalue weighted by atomic mass is 10.1. The fourth-order valence-electron chi connectivity index (χ4n) is 7.91. The number of hydrogen-bond acceptors (Lipinski definition) is 6. The first kappa shape index (κ1) is 47.5. The Bertz CT molecular complexity index is 1060. The largest absolute Gasteiger partial charge is 0.354 e. The Kier molecular flexibility index (Phi) is 26.8. The van der Waals surface area contributed by atoms with Crippen LogP contribution in [0.2, 0.25) is 0 Å². The lowest BCUT2D eigenvalue weighted by molar-refractivity contribution is -0.139. The summed E-state index contributed by atoms with van der Waals surface area (Å²) in [4.78, 5) is 69.4. The zero-order valence-electron chi connectivity index (χ0n) is 34.8. The van der Waals surface area contributed by atoms with Gasteiger partial charge in [-0.15, -0.1) is 0 Å². The molecule has 3 atom stereocenters. The third-order valence-corrected chi connectivity index (χ3v) is 11.3. The van der Waals surface area contributed by atoms with Gasteiger partial charge in [-0.1, -0.05) is 117 Å². The summed E-state index contributed by atoms with van der Waals surface area (Å²) in [7, 11) is 1.82. The lowest BCUT2D eigenvalue weighted by Crippen LogP contribution is -2.53. The van der Waals surface area contributed by atoms with Gasteiger partial charge in [0.2, 0.25) is 29.5 Å². The maximum atomic E-state index is 13.5. The summed E-state index contributed by atoms with van der Waals surface area (Å²) < 4.78 is 0. The van der Waals surface area contributed by atoms with Crippen LogP contribution in [0, 0.1) is 0 Å². The number of nitrogens with one attached hydrogen (secondary N) is 4. The fraction of sp³-hybridized carbons (Fsp3) is 0.884. The van der Waals surface area contributed by atoms with E-state index in [-0.39, 0.29) is 29.5 Å². The Labute approximate surface area is 329 Å². The summed E-state index contributed by atoms with van der Waals surface area (Å²) in [5.74, 6) is -0.475. The van der Waals surface area contributed by atoms with E-state index in [1.54, 1.807) is 9.80 Å². The quantitative estimate of drug-likeness (QED) is 0.0550. The van der Waals surface area contributed by atoms with Gasteiger partial charge in [-0.3, -0.25) is 24.0 Å². The van der Waals surface area contributed by atoms with E-state index < -0.39 is 18.1 Å². The molecule has 2 aliphatic rings. The maximum absolute atomic E-state index is 13.5. The van der Waals surface area contributed by atoms with E-state index in [2.05, 4.69) is 35.1 Å². The number of amides is 5. The number of carbonyl (C=O) groups excluding carboxylic acids is 5. The van der Waals surface area contributed by atoms with E-state index >= 15 is 0 Å². The van der Waals surface area contributed by atoms with Gasteiger partial charge in [0.15, 0.2) is 0 Å². The molecule has 0 spiro atoms. The molecule has 11 nitrogen and oxygen atoms in total. The number of carbonyl (C=O) groups is 5. The molecular weight excluding hydrogens is 681 g/mol. The van der Waals surface area contributed by atoms with Gasteiger partial charge >= 0.3 is 0 Å². The van der Waals surface area contributed by atoms with Crippen LogP contribution in [0.3, 0.4) is 0 Å².